The molecule has 0 saturated carbocycles. The zero-order valence-corrected chi connectivity index (χ0v) is 11.1. The molecule has 0 atom stereocenters. The molecule has 0 unspecified atom stereocenters. The first kappa shape index (κ1) is 10.8. The van der Waals surface area contributed by atoms with Crippen LogP contribution in [0.15, 0.2) is 30.6 Å². The van der Waals surface area contributed by atoms with Crippen LogP contribution in [-0.2, 0) is 13.1 Å². The SMILES string of the molecule is Nc1ccc2nc(N3CCn4ccnc4C3)sc2c1. The minimum Gasteiger partial charge on any atom is -0.399 e. The van der Waals surface area contributed by atoms with Gasteiger partial charge < -0.3 is 15.2 Å². The normalized spacial score (nSPS) is 14.8. The summed E-state index contributed by atoms with van der Waals surface area (Å²) in [5, 5.41) is 1.05. The van der Waals surface area contributed by atoms with Crippen LogP contribution in [0.3, 0.4) is 0 Å². The summed E-state index contributed by atoms with van der Waals surface area (Å²) in [5.41, 5.74) is 7.62. The number of nitrogen functional groups attached to an aromatic ring is 1. The largest absolute Gasteiger partial charge is 0.399 e. The molecule has 3 heterocycles. The van der Waals surface area contributed by atoms with E-state index in [1.165, 1.54) is 0 Å². The molecule has 5 nitrogen and oxygen atoms in total. The molecule has 0 aliphatic carbocycles. The Morgan fingerprint density at radius 2 is 2.21 bits per heavy atom. The highest BCUT2D eigenvalue weighted by atomic mass is 32.1. The molecule has 3 aromatic rings. The van der Waals surface area contributed by atoms with Gasteiger partial charge in [0.05, 0.1) is 16.8 Å². The predicted molar refractivity (Wildman–Crippen MR) is 77.3 cm³/mol. The molecule has 1 aliphatic heterocycles. The van der Waals surface area contributed by atoms with Gasteiger partial charge in [0.1, 0.15) is 5.82 Å². The lowest BCUT2D eigenvalue weighted by molar-refractivity contribution is 0.559. The van der Waals surface area contributed by atoms with Crippen molar-refractivity contribution >= 4 is 32.4 Å². The molecule has 0 radical (unpaired) electrons. The quantitative estimate of drug-likeness (QED) is 0.689. The Balaban J connectivity index is 1.71. The Labute approximate surface area is 114 Å². The first-order valence-electron chi connectivity index (χ1n) is 6.20. The molecule has 0 fully saturated rings. The van der Waals surface area contributed by atoms with Gasteiger partial charge in [-0.05, 0) is 18.2 Å². The molecule has 6 heteroatoms. The molecule has 0 spiro atoms. The van der Waals surface area contributed by atoms with Crippen LogP contribution in [0.25, 0.3) is 10.2 Å². The number of aromatic nitrogens is 3. The summed E-state index contributed by atoms with van der Waals surface area (Å²) in [6.07, 6.45) is 3.89. The highest BCUT2D eigenvalue weighted by Gasteiger charge is 2.19. The fourth-order valence-corrected chi connectivity index (χ4v) is 3.44. The molecule has 1 aromatic carbocycles. The van der Waals surface area contributed by atoms with Crippen molar-refractivity contribution in [3.05, 3.63) is 36.4 Å². The van der Waals surface area contributed by atoms with E-state index in [-0.39, 0.29) is 0 Å². The van der Waals surface area contributed by atoms with Gasteiger partial charge >= 0.3 is 0 Å². The highest BCUT2D eigenvalue weighted by molar-refractivity contribution is 7.22. The maximum absolute atomic E-state index is 5.81. The molecule has 1 aliphatic rings. The van der Waals surface area contributed by atoms with Crippen LogP contribution in [0.1, 0.15) is 5.82 Å². The van der Waals surface area contributed by atoms with E-state index in [1.54, 1.807) is 11.3 Å². The molecular formula is C13H13N5S. The van der Waals surface area contributed by atoms with Crippen molar-refractivity contribution in [3.63, 3.8) is 0 Å². The second-order valence-electron chi connectivity index (χ2n) is 4.68. The van der Waals surface area contributed by atoms with Gasteiger partial charge in [-0.15, -0.1) is 0 Å². The number of fused-ring (bicyclic) bond motifs is 2. The number of rotatable bonds is 1. The second-order valence-corrected chi connectivity index (χ2v) is 5.69. The fourth-order valence-electron chi connectivity index (χ4n) is 2.40. The Morgan fingerprint density at radius 1 is 1.26 bits per heavy atom. The van der Waals surface area contributed by atoms with Crippen LogP contribution in [0, 0.1) is 0 Å². The Kier molecular flexibility index (Phi) is 2.25. The van der Waals surface area contributed by atoms with Crippen molar-refractivity contribution < 1.29 is 0 Å². The zero-order valence-electron chi connectivity index (χ0n) is 10.3. The third kappa shape index (κ3) is 1.76. The van der Waals surface area contributed by atoms with Gasteiger partial charge in [-0.1, -0.05) is 11.3 Å². The van der Waals surface area contributed by atoms with E-state index in [2.05, 4.69) is 19.4 Å². The summed E-state index contributed by atoms with van der Waals surface area (Å²) in [6, 6.07) is 5.87. The van der Waals surface area contributed by atoms with Gasteiger partial charge in [-0.2, -0.15) is 0 Å². The van der Waals surface area contributed by atoms with Crippen LogP contribution in [-0.4, -0.2) is 21.1 Å². The molecule has 0 saturated heterocycles. The summed E-state index contributed by atoms with van der Waals surface area (Å²) in [6.45, 7) is 2.76. The summed E-state index contributed by atoms with van der Waals surface area (Å²) >= 11 is 1.69. The number of hydrogen-bond donors (Lipinski definition) is 1. The predicted octanol–water partition coefficient (Wildman–Crippen LogP) is 2.10. The molecule has 4 rings (SSSR count). The number of thiazole rings is 1. The molecular weight excluding hydrogens is 258 g/mol. The van der Waals surface area contributed by atoms with Gasteiger partial charge in [0.25, 0.3) is 0 Å². The van der Waals surface area contributed by atoms with Crippen molar-refractivity contribution in [2.45, 2.75) is 13.1 Å². The van der Waals surface area contributed by atoms with E-state index in [4.69, 9.17) is 5.73 Å². The van der Waals surface area contributed by atoms with E-state index >= 15 is 0 Å². The van der Waals surface area contributed by atoms with Gasteiger partial charge in [0.15, 0.2) is 5.13 Å². The van der Waals surface area contributed by atoms with E-state index in [0.29, 0.717) is 0 Å². The molecule has 2 N–H and O–H groups in total. The lowest BCUT2D eigenvalue weighted by atomic mass is 10.3. The standard InChI is InChI=1S/C13H13N5S/c14-9-1-2-10-11(7-9)19-13(16-10)18-6-5-17-4-3-15-12(17)8-18/h1-4,7H,5-6,8,14H2. The van der Waals surface area contributed by atoms with E-state index in [1.807, 2.05) is 30.6 Å². The topological polar surface area (TPSA) is 60.0 Å². The van der Waals surface area contributed by atoms with Crippen LogP contribution in [0.4, 0.5) is 10.8 Å². The molecule has 96 valence electrons. The van der Waals surface area contributed by atoms with Crippen molar-refractivity contribution in [2.24, 2.45) is 0 Å². The van der Waals surface area contributed by atoms with E-state index < -0.39 is 0 Å². The van der Waals surface area contributed by atoms with Gasteiger partial charge in [0.2, 0.25) is 0 Å². The third-order valence-corrected chi connectivity index (χ3v) is 4.50. The lowest BCUT2D eigenvalue weighted by Crippen LogP contribution is -2.33. The molecule has 0 bridgehead atoms. The van der Waals surface area contributed by atoms with Crippen molar-refractivity contribution in [1.82, 2.24) is 14.5 Å². The Hall–Kier alpha value is -2.08. The van der Waals surface area contributed by atoms with E-state index in [0.717, 1.165) is 46.5 Å². The van der Waals surface area contributed by atoms with Crippen molar-refractivity contribution in [2.75, 3.05) is 17.2 Å². The number of anilines is 2. The van der Waals surface area contributed by atoms with Crippen molar-refractivity contribution in [3.8, 4) is 0 Å². The van der Waals surface area contributed by atoms with Crippen LogP contribution in [0.5, 0.6) is 0 Å². The van der Waals surface area contributed by atoms with E-state index in [9.17, 15) is 0 Å². The summed E-state index contributed by atoms with van der Waals surface area (Å²) < 4.78 is 3.34. The highest BCUT2D eigenvalue weighted by Crippen LogP contribution is 2.31. The summed E-state index contributed by atoms with van der Waals surface area (Å²) in [5.74, 6) is 1.10. The van der Waals surface area contributed by atoms with Gasteiger partial charge in [0, 0.05) is 31.2 Å². The van der Waals surface area contributed by atoms with Crippen LogP contribution < -0.4 is 10.6 Å². The summed E-state index contributed by atoms with van der Waals surface area (Å²) in [7, 11) is 0. The third-order valence-electron chi connectivity index (χ3n) is 3.42. The minimum absolute atomic E-state index is 0.789. The first-order chi connectivity index (χ1) is 9.29. The zero-order chi connectivity index (χ0) is 12.8. The average Bonchev–Trinajstić information content (AvgIpc) is 3.02. The van der Waals surface area contributed by atoms with Crippen LogP contribution >= 0.6 is 11.3 Å². The lowest BCUT2D eigenvalue weighted by Gasteiger charge is -2.26. The average molecular weight is 271 g/mol. The van der Waals surface area contributed by atoms with Crippen molar-refractivity contribution in [1.29, 1.82) is 0 Å². The fraction of sp³-hybridized carbons (Fsp3) is 0.231. The maximum Gasteiger partial charge on any atom is 0.186 e. The van der Waals surface area contributed by atoms with Gasteiger partial charge in [-0.25, -0.2) is 9.97 Å². The van der Waals surface area contributed by atoms with Gasteiger partial charge in [-0.3, -0.25) is 0 Å². The summed E-state index contributed by atoms with van der Waals surface area (Å²) in [4.78, 5) is 11.3. The minimum atomic E-state index is 0.789. The molecule has 19 heavy (non-hydrogen) atoms. The second kappa shape index (κ2) is 3.96. The smallest absolute Gasteiger partial charge is 0.186 e. The number of nitrogens with zero attached hydrogens (tertiary/aromatic N) is 4. The maximum atomic E-state index is 5.81. The van der Waals surface area contributed by atoms with Crippen LogP contribution in [0.2, 0.25) is 0 Å². The number of nitrogens with two attached hydrogens (primary N) is 1. The Bertz CT molecular complexity index is 744. The number of imidazole rings is 1. The monoisotopic (exact) mass is 271 g/mol. The molecule has 0 amide bonds. The number of benzene rings is 1. The number of hydrogen-bond acceptors (Lipinski definition) is 5. The Morgan fingerprint density at radius 3 is 3.16 bits per heavy atom. The first-order valence-corrected chi connectivity index (χ1v) is 7.02. The molecule has 2 aromatic heterocycles.